The Balaban J connectivity index is 2.31. The number of fused-ring (bicyclic) bond motifs is 1. The lowest BCUT2D eigenvalue weighted by Gasteiger charge is -2.06. The largest absolute Gasteiger partial charge is 0.341 e. The van der Waals surface area contributed by atoms with Crippen molar-refractivity contribution in [2.75, 3.05) is 12.0 Å². The first-order valence-corrected chi connectivity index (χ1v) is 7.39. The van der Waals surface area contributed by atoms with E-state index < -0.39 is 0 Å². The Morgan fingerprint density at radius 3 is 3.06 bits per heavy atom. The Kier molecular flexibility index (Phi) is 4.06. The standard InChI is InChI=1S/C11H13BrFN3S/c1-17-3-2-8(14)11-15-9-4-6(12)7(13)5-10(9)16-11/h4-5,8H,2-3,14H2,1H3,(H,15,16). The van der Waals surface area contributed by atoms with Crippen molar-refractivity contribution in [3.63, 3.8) is 0 Å². The molecule has 3 nitrogen and oxygen atoms in total. The molecule has 0 aliphatic heterocycles. The van der Waals surface area contributed by atoms with Gasteiger partial charge in [0.05, 0.1) is 21.5 Å². The maximum atomic E-state index is 13.3. The number of halogens is 2. The lowest BCUT2D eigenvalue weighted by molar-refractivity contribution is 0.622. The molecule has 0 fully saturated rings. The fourth-order valence-electron chi connectivity index (χ4n) is 1.58. The van der Waals surface area contributed by atoms with Gasteiger partial charge in [-0.2, -0.15) is 11.8 Å². The topological polar surface area (TPSA) is 54.7 Å². The molecule has 2 rings (SSSR count). The summed E-state index contributed by atoms with van der Waals surface area (Å²) < 4.78 is 13.7. The molecule has 0 amide bonds. The van der Waals surface area contributed by atoms with Crippen LogP contribution in [0.25, 0.3) is 11.0 Å². The number of nitrogens with two attached hydrogens (primary N) is 1. The van der Waals surface area contributed by atoms with Crippen molar-refractivity contribution in [3.8, 4) is 0 Å². The molecule has 0 radical (unpaired) electrons. The average Bonchev–Trinajstić information content (AvgIpc) is 2.69. The summed E-state index contributed by atoms with van der Waals surface area (Å²) in [4.78, 5) is 7.45. The fraction of sp³-hybridized carbons (Fsp3) is 0.364. The molecule has 0 bridgehead atoms. The van der Waals surface area contributed by atoms with Crippen LogP contribution in [0.15, 0.2) is 16.6 Å². The van der Waals surface area contributed by atoms with E-state index in [1.54, 1.807) is 17.8 Å². The van der Waals surface area contributed by atoms with Gasteiger partial charge < -0.3 is 10.7 Å². The molecule has 17 heavy (non-hydrogen) atoms. The van der Waals surface area contributed by atoms with Crippen LogP contribution in [0, 0.1) is 5.82 Å². The highest BCUT2D eigenvalue weighted by molar-refractivity contribution is 9.10. The van der Waals surface area contributed by atoms with Gasteiger partial charge in [-0.15, -0.1) is 0 Å². The number of H-pyrrole nitrogens is 1. The maximum Gasteiger partial charge on any atom is 0.139 e. The van der Waals surface area contributed by atoms with Crippen LogP contribution in [0.5, 0.6) is 0 Å². The number of nitrogens with one attached hydrogen (secondary N) is 1. The highest BCUT2D eigenvalue weighted by atomic mass is 79.9. The van der Waals surface area contributed by atoms with Crippen molar-refractivity contribution < 1.29 is 4.39 Å². The number of hydrogen-bond acceptors (Lipinski definition) is 3. The summed E-state index contributed by atoms with van der Waals surface area (Å²) in [6, 6.07) is 2.96. The third-order valence-electron chi connectivity index (χ3n) is 2.53. The van der Waals surface area contributed by atoms with E-state index >= 15 is 0 Å². The van der Waals surface area contributed by atoms with Crippen molar-refractivity contribution in [1.82, 2.24) is 9.97 Å². The molecule has 0 aliphatic carbocycles. The molecule has 0 saturated heterocycles. The van der Waals surface area contributed by atoms with Crippen LogP contribution < -0.4 is 5.73 Å². The van der Waals surface area contributed by atoms with Gasteiger partial charge in [-0.3, -0.25) is 0 Å². The van der Waals surface area contributed by atoms with Crippen LogP contribution in [-0.2, 0) is 0 Å². The molecule has 2 aromatic rings. The average molecular weight is 318 g/mol. The van der Waals surface area contributed by atoms with Crippen molar-refractivity contribution in [1.29, 1.82) is 0 Å². The van der Waals surface area contributed by atoms with Gasteiger partial charge in [-0.25, -0.2) is 9.37 Å². The summed E-state index contributed by atoms with van der Waals surface area (Å²) in [7, 11) is 0. The Labute approximate surface area is 111 Å². The molecule has 0 spiro atoms. The van der Waals surface area contributed by atoms with E-state index in [-0.39, 0.29) is 11.9 Å². The van der Waals surface area contributed by atoms with Gasteiger partial charge in [0.1, 0.15) is 11.6 Å². The molecule has 1 heterocycles. The number of benzene rings is 1. The second kappa shape index (κ2) is 5.37. The molecule has 1 aromatic heterocycles. The third kappa shape index (κ3) is 2.81. The predicted molar refractivity (Wildman–Crippen MR) is 73.7 cm³/mol. The van der Waals surface area contributed by atoms with E-state index in [0.717, 1.165) is 17.7 Å². The molecule has 1 unspecified atom stereocenters. The highest BCUT2D eigenvalue weighted by Gasteiger charge is 2.12. The van der Waals surface area contributed by atoms with E-state index in [1.165, 1.54) is 6.07 Å². The van der Waals surface area contributed by atoms with Gasteiger partial charge in [0.15, 0.2) is 0 Å². The molecule has 0 saturated carbocycles. The number of rotatable bonds is 4. The number of aromatic nitrogens is 2. The lowest BCUT2D eigenvalue weighted by atomic mass is 10.2. The summed E-state index contributed by atoms with van der Waals surface area (Å²) >= 11 is 4.89. The zero-order valence-electron chi connectivity index (χ0n) is 9.34. The quantitative estimate of drug-likeness (QED) is 0.910. The Bertz CT molecular complexity index is 490. The number of aromatic amines is 1. The lowest BCUT2D eigenvalue weighted by Crippen LogP contribution is -2.12. The second-order valence-electron chi connectivity index (χ2n) is 3.79. The van der Waals surface area contributed by atoms with Crippen LogP contribution in [0.1, 0.15) is 18.3 Å². The Morgan fingerprint density at radius 1 is 1.59 bits per heavy atom. The smallest absolute Gasteiger partial charge is 0.139 e. The summed E-state index contributed by atoms with van der Waals surface area (Å²) in [6.07, 6.45) is 2.89. The van der Waals surface area contributed by atoms with Crippen LogP contribution in [0.3, 0.4) is 0 Å². The van der Waals surface area contributed by atoms with Crippen molar-refractivity contribution >= 4 is 38.7 Å². The van der Waals surface area contributed by atoms with E-state index in [4.69, 9.17) is 5.73 Å². The summed E-state index contributed by atoms with van der Waals surface area (Å²) in [6.45, 7) is 0. The minimum atomic E-state index is -0.301. The molecule has 0 aliphatic rings. The molecule has 1 aromatic carbocycles. The number of thioether (sulfide) groups is 1. The highest BCUT2D eigenvalue weighted by Crippen LogP contribution is 2.23. The molecule has 92 valence electrons. The van der Waals surface area contributed by atoms with Gasteiger partial charge in [0.2, 0.25) is 0 Å². The number of imidazole rings is 1. The number of hydrogen-bond donors (Lipinski definition) is 2. The maximum absolute atomic E-state index is 13.3. The predicted octanol–water partition coefficient (Wildman–Crippen LogP) is 3.22. The molecule has 6 heteroatoms. The monoisotopic (exact) mass is 317 g/mol. The number of nitrogens with zero attached hydrogens (tertiary/aromatic N) is 1. The summed E-state index contributed by atoms with van der Waals surface area (Å²) in [5, 5.41) is 0. The fourth-order valence-corrected chi connectivity index (χ4v) is 2.40. The van der Waals surface area contributed by atoms with Crippen molar-refractivity contribution in [2.24, 2.45) is 5.73 Å². The first-order chi connectivity index (χ1) is 8.11. The minimum absolute atomic E-state index is 0.128. The van der Waals surface area contributed by atoms with Crippen LogP contribution in [0.2, 0.25) is 0 Å². The minimum Gasteiger partial charge on any atom is -0.341 e. The summed E-state index contributed by atoms with van der Waals surface area (Å²) in [5.41, 5.74) is 7.42. The first kappa shape index (κ1) is 12.9. The van der Waals surface area contributed by atoms with Crippen LogP contribution >= 0.6 is 27.7 Å². The van der Waals surface area contributed by atoms with Gasteiger partial charge in [0.25, 0.3) is 0 Å². The van der Waals surface area contributed by atoms with E-state index in [0.29, 0.717) is 15.8 Å². The van der Waals surface area contributed by atoms with E-state index in [9.17, 15) is 4.39 Å². The SMILES string of the molecule is CSCCC(N)c1nc2cc(Br)c(F)cc2[nH]1. The van der Waals surface area contributed by atoms with Crippen molar-refractivity contribution in [2.45, 2.75) is 12.5 Å². The molecular weight excluding hydrogens is 305 g/mol. The Morgan fingerprint density at radius 2 is 2.35 bits per heavy atom. The summed E-state index contributed by atoms with van der Waals surface area (Å²) in [5.74, 6) is 1.40. The van der Waals surface area contributed by atoms with Gasteiger partial charge in [-0.1, -0.05) is 0 Å². The third-order valence-corrected chi connectivity index (χ3v) is 3.78. The van der Waals surface area contributed by atoms with Crippen molar-refractivity contribution in [3.05, 3.63) is 28.2 Å². The molecule has 3 N–H and O–H groups in total. The van der Waals surface area contributed by atoms with E-state index in [1.807, 2.05) is 6.26 Å². The Hall–Kier alpha value is -0.590. The van der Waals surface area contributed by atoms with Crippen LogP contribution in [-0.4, -0.2) is 22.0 Å². The van der Waals surface area contributed by atoms with Gasteiger partial charge in [-0.05, 0) is 40.4 Å². The van der Waals surface area contributed by atoms with E-state index in [2.05, 4.69) is 25.9 Å². The normalized spacial score (nSPS) is 13.2. The first-order valence-electron chi connectivity index (χ1n) is 5.21. The zero-order valence-corrected chi connectivity index (χ0v) is 11.7. The van der Waals surface area contributed by atoms with Crippen LogP contribution in [0.4, 0.5) is 4.39 Å². The second-order valence-corrected chi connectivity index (χ2v) is 5.63. The zero-order chi connectivity index (χ0) is 12.4. The molecular formula is C11H13BrFN3S. The van der Waals surface area contributed by atoms with Gasteiger partial charge in [0, 0.05) is 6.07 Å². The van der Waals surface area contributed by atoms with Gasteiger partial charge >= 0.3 is 0 Å². The molecule has 1 atom stereocenters.